The molecule has 1 aliphatic carbocycles. The van der Waals surface area contributed by atoms with Crippen LogP contribution < -0.4 is 5.32 Å². The van der Waals surface area contributed by atoms with Gasteiger partial charge in [-0.2, -0.15) is 0 Å². The molecule has 0 heterocycles. The Kier molecular flexibility index (Phi) is 6.34. The predicted molar refractivity (Wildman–Crippen MR) is 85.8 cm³/mol. The first-order valence-corrected chi connectivity index (χ1v) is 8.19. The molecular weight excluding hydrogens is 309 g/mol. The van der Waals surface area contributed by atoms with E-state index in [0.29, 0.717) is 29.4 Å². The lowest BCUT2D eigenvalue weighted by Gasteiger charge is -2.12. The van der Waals surface area contributed by atoms with Crippen LogP contribution in [0.3, 0.4) is 0 Å². The molecule has 1 aromatic carbocycles. The van der Waals surface area contributed by atoms with Crippen molar-refractivity contribution in [1.29, 1.82) is 0 Å². The van der Waals surface area contributed by atoms with Gasteiger partial charge in [0.25, 0.3) is 0 Å². The molecule has 0 spiro atoms. The Morgan fingerprint density at radius 3 is 2.81 bits per heavy atom. The third-order valence-corrected chi connectivity index (χ3v) is 4.36. The first-order valence-electron chi connectivity index (χ1n) is 7.43. The molecule has 0 aliphatic heterocycles. The van der Waals surface area contributed by atoms with Crippen LogP contribution >= 0.6 is 23.2 Å². The molecule has 2 rings (SSSR count). The first-order chi connectivity index (χ1) is 10.0. The highest BCUT2D eigenvalue weighted by Crippen LogP contribution is 2.33. The SMILES string of the molecule is O=C(CCc1ccc(Cl)cc1Cl)NCC(O)CCC1CC1. The van der Waals surface area contributed by atoms with E-state index in [1.807, 2.05) is 6.07 Å². The molecule has 0 radical (unpaired) electrons. The molecule has 21 heavy (non-hydrogen) atoms. The van der Waals surface area contributed by atoms with E-state index in [4.69, 9.17) is 23.2 Å². The average molecular weight is 330 g/mol. The van der Waals surface area contributed by atoms with Crippen molar-refractivity contribution < 1.29 is 9.90 Å². The molecule has 1 amide bonds. The maximum atomic E-state index is 11.8. The maximum Gasteiger partial charge on any atom is 0.220 e. The Morgan fingerprint density at radius 1 is 1.38 bits per heavy atom. The van der Waals surface area contributed by atoms with Crippen LogP contribution in [0.15, 0.2) is 18.2 Å². The molecule has 0 bridgehead atoms. The van der Waals surface area contributed by atoms with Gasteiger partial charge in [-0.25, -0.2) is 0 Å². The summed E-state index contributed by atoms with van der Waals surface area (Å²) in [6, 6.07) is 5.28. The van der Waals surface area contributed by atoms with Gasteiger partial charge in [-0.15, -0.1) is 0 Å². The second kappa shape index (κ2) is 8.02. The topological polar surface area (TPSA) is 49.3 Å². The minimum atomic E-state index is -0.436. The van der Waals surface area contributed by atoms with Crippen LogP contribution in [0.2, 0.25) is 10.0 Å². The molecule has 1 fully saturated rings. The summed E-state index contributed by atoms with van der Waals surface area (Å²) in [5.41, 5.74) is 0.908. The van der Waals surface area contributed by atoms with E-state index >= 15 is 0 Å². The summed E-state index contributed by atoms with van der Waals surface area (Å²) in [5.74, 6) is 0.744. The van der Waals surface area contributed by atoms with Crippen molar-refractivity contribution in [1.82, 2.24) is 5.32 Å². The van der Waals surface area contributed by atoms with Crippen LogP contribution in [0.4, 0.5) is 0 Å². The van der Waals surface area contributed by atoms with Gasteiger partial charge in [0, 0.05) is 23.0 Å². The zero-order valence-corrected chi connectivity index (χ0v) is 13.5. The molecule has 3 nitrogen and oxygen atoms in total. The van der Waals surface area contributed by atoms with E-state index in [1.165, 1.54) is 12.8 Å². The molecule has 5 heteroatoms. The van der Waals surface area contributed by atoms with E-state index in [1.54, 1.807) is 12.1 Å². The zero-order valence-electron chi connectivity index (χ0n) is 11.9. The molecule has 0 aromatic heterocycles. The Morgan fingerprint density at radius 2 is 2.14 bits per heavy atom. The number of nitrogens with one attached hydrogen (secondary N) is 1. The Bertz CT molecular complexity index is 489. The lowest BCUT2D eigenvalue weighted by atomic mass is 10.1. The number of carbonyl (C=O) groups is 1. The second-order valence-corrected chi connectivity index (χ2v) is 6.56. The van der Waals surface area contributed by atoms with Gasteiger partial charge in [0.05, 0.1) is 6.10 Å². The fraction of sp³-hybridized carbons (Fsp3) is 0.562. The number of hydrogen-bond donors (Lipinski definition) is 2. The smallest absolute Gasteiger partial charge is 0.220 e. The molecule has 1 saturated carbocycles. The molecule has 116 valence electrons. The largest absolute Gasteiger partial charge is 0.391 e. The summed E-state index contributed by atoms with van der Waals surface area (Å²) >= 11 is 11.9. The lowest BCUT2D eigenvalue weighted by molar-refractivity contribution is -0.121. The van der Waals surface area contributed by atoms with Crippen molar-refractivity contribution in [2.75, 3.05) is 6.54 Å². The predicted octanol–water partition coefficient (Wildman–Crippen LogP) is 3.59. The summed E-state index contributed by atoms with van der Waals surface area (Å²) in [6.45, 7) is 0.333. The Labute approximate surface area is 135 Å². The number of hydrogen-bond acceptors (Lipinski definition) is 2. The number of aryl methyl sites for hydroxylation is 1. The van der Waals surface area contributed by atoms with Gasteiger partial charge < -0.3 is 10.4 Å². The minimum absolute atomic E-state index is 0.0634. The van der Waals surface area contributed by atoms with Crippen LogP contribution in [0.5, 0.6) is 0 Å². The summed E-state index contributed by atoms with van der Waals surface area (Å²) in [4.78, 5) is 11.8. The van der Waals surface area contributed by atoms with Crippen LogP contribution in [-0.2, 0) is 11.2 Å². The highest BCUT2D eigenvalue weighted by atomic mass is 35.5. The van der Waals surface area contributed by atoms with Crippen molar-refractivity contribution in [3.63, 3.8) is 0 Å². The molecule has 1 aromatic rings. The van der Waals surface area contributed by atoms with Gasteiger partial charge in [0.15, 0.2) is 0 Å². The summed E-state index contributed by atoms with van der Waals surface area (Å²) in [7, 11) is 0. The standard InChI is InChI=1S/C16H21Cl2NO2/c17-13-6-4-12(15(18)9-13)5-8-16(21)19-10-14(20)7-3-11-1-2-11/h4,6,9,11,14,20H,1-3,5,7-8,10H2,(H,19,21). The van der Waals surface area contributed by atoms with Gasteiger partial charge in [0.1, 0.15) is 0 Å². The summed E-state index contributed by atoms with van der Waals surface area (Å²) < 4.78 is 0. The van der Waals surface area contributed by atoms with Gasteiger partial charge in [-0.05, 0) is 42.9 Å². The Balaban J connectivity index is 1.64. The summed E-state index contributed by atoms with van der Waals surface area (Å²) in [5, 5.41) is 13.7. The van der Waals surface area contributed by atoms with E-state index in [0.717, 1.165) is 24.3 Å². The normalized spacial score (nSPS) is 15.8. The van der Waals surface area contributed by atoms with Crippen LogP contribution in [-0.4, -0.2) is 23.7 Å². The lowest BCUT2D eigenvalue weighted by Crippen LogP contribution is -2.32. The zero-order chi connectivity index (χ0) is 15.2. The van der Waals surface area contributed by atoms with Crippen molar-refractivity contribution in [2.24, 2.45) is 5.92 Å². The number of halogens is 2. The van der Waals surface area contributed by atoms with Gasteiger partial charge in [-0.1, -0.05) is 42.1 Å². The molecule has 1 aliphatic rings. The average Bonchev–Trinajstić information content (AvgIpc) is 3.26. The van der Waals surface area contributed by atoms with Crippen molar-refractivity contribution in [2.45, 2.75) is 44.6 Å². The summed E-state index contributed by atoms with van der Waals surface area (Å²) in [6.07, 6.45) is 4.91. The fourth-order valence-electron chi connectivity index (χ4n) is 2.23. The number of amides is 1. The van der Waals surface area contributed by atoms with Crippen molar-refractivity contribution in [3.8, 4) is 0 Å². The third-order valence-electron chi connectivity index (χ3n) is 3.78. The van der Waals surface area contributed by atoms with E-state index in [2.05, 4.69) is 5.32 Å². The molecule has 1 unspecified atom stereocenters. The number of carbonyl (C=O) groups excluding carboxylic acids is 1. The highest BCUT2D eigenvalue weighted by Gasteiger charge is 2.22. The Hall–Kier alpha value is -0.770. The van der Waals surface area contributed by atoms with Gasteiger partial charge in [0.2, 0.25) is 5.91 Å². The highest BCUT2D eigenvalue weighted by molar-refractivity contribution is 6.35. The van der Waals surface area contributed by atoms with E-state index < -0.39 is 6.10 Å². The number of aliphatic hydroxyl groups excluding tert-OH is 1. The van der Waals surface area contributed by atoms with Gasteiger partial charge >= 0.3 is 0 Å². The number of aliphatic hydroxyl groups is 1. The van der Waals surface area contributed by atoms with Crippen molar-refractivity contribution in [3.05, 3.63) is 33.8 Å². The van der Waals surface area contributed by atoms with Gasteiger partial charge in [-0.3, -0.25) is 4.79 Å². The number of rotatable bonds is 8. The molecule has 2 N–H and O–H groups in total. The number of benzene rings is 1. The molecular formula is C16H21Cl2NO2. The van der Waals surface area contributed by atoms with E-state index in [-0.39, 0.29) is 5.91 Å². The minimum Gasteiger partial charge on any atom is -0.391 e. The van der Waals surface area contributed by atoms with Crippen molar-refractivity contribution >= 4 is 29.1 Å². The first kappa shape index (κ1) is 16.6. The second-order valence-electron chi connectivity index (χ2n) is 5.71. The molecule has 0 saturated heterocycles. The quantitative estimate of drug-likeness (QED) is 0.765. The monoisotopic (exact) mass is 329 g/mol. The molecule has 1 atom stereocenters. The maximum absolute atomic E-state index is 11.8. The van der Waals surface area contributed by atoms with Crippen LogP contribution in [0, 0.1) is 5.92 Å². The third kappa shape index (κ3) is 6.25. The van der Waals surface area contributed by atoms with Crippen LogP contribution in [0.1, 0.15) is 37.7 Å². The van der Waals surface area contributed by atoms with E-state index in [9.17, 15) is 9.90 Å². The van der Waals surface area contributed by atoms with Crippen LogP contribution in [0.25, 0.3) is 0 Å². The fourth-order valence-corrected chi connectivity index (χ4v) is 2.73.